The fourth-order valence-corrected chi connectivity index (χ4v) is 2.20. The zero-order valence-electron chi connectivity index (χ0n) is 12.5. The van der Waals surface area contributed by atoms with Crippen LogP contribution in [0.1, 0.15) is 22.3 Å². The molecule has 1 amide bonds. The molecule has 2 rings (SSSR count). The Morgan fingerprint density at radius 3 is 2.59 bits per heavy atom. The summed E-state index contributed by atoms with van der Waals surface area (Å²) in [6, 6.07) is 7.45. The third kappa shape index (κ3) is 4.37. The highest BCUT2D eigenvalue weighted by atomic mass is 16.4. The number of amides is 1. The monoisotopic (exact) mass is 300 g/mol. The maximum Gasteiger partial charge on any atom is 0.257 e. The first-order chi connectivity index (χ1) is 10.7. The molecule has 0 radical (unpaired) electrons. The van der Waals surface area contributed by atoms with Crippen LogP contribution < -0.4 is 14.5 Å². The minimum Gasteiger partial charge on any atom is -0.411 e. The molecule has 0 bridgehead atoms. The number of aromatic nitrogens is 2. The van der Waals surface area contributed by atoms with Crippen molar-refractivity contribution in [3.63, 3.8) is 0 Å². The summed E-state index contributed by atoms with van der Waals surface area (Å²) in [5.41, 5.74) is 1.50. The van der Waals surface area contributed by atoms with Crippen molar-refractivity contribution in [1.29, 1.82) is 0 Å². The topological polar surface area (TPSA) is 69.5 Å². The average molecular weight is 300 g/mol. The number of nitrogens with zero attached hydrogens (tertiary/aromatic N) is 3. The van der Waals surface area contributed by atoms with Gasteiger partial charge < -0.3 is 10.5 Å². The summed E-state index contributed by atoms with van der Waals surface area (Å²) in [6.45, 7) is 1.65. The lowest BCUT2D eigenvalue weighted by molar-refractivity contribution is -0.727. The van der Waals surface area contributed by atoms with Gasteiger partial charge in [-0.3, -0.25) is 4.79 Å². The highest BCUT2D eigenvalue weighted by molar-refractivity contribution is 5.93. The molecule has 0 saturated carbocycles. The molecule has 114 valence electrons. The molecule has 0 fully saturated rings. The van der Waals surface area contributed by atoms with Gasteiger partial charge in [0.1, 0.15) is 5.56 Å². The minimum absolute atomic E-state index is 0.0836. The van der Waals surface area contributed by atoms with Crippen molar-refractivity contribution in [2.24, 2.45) is 5.16 Å². The molecule has 2 aromatic heterocycles. The van der Waals surface area contributed by atoms with Gasteiger partial charge in [0.05, 0.1) is 18.2 Å². The van der Waals surface area contributed by atoms with Crippen LogP contribution in [-0.2, 0) is 13.1 Å². The van der Waals surface area contributed by atoms with Gasteiger partial charge >= 0.3 is 0 Å². The molecule has 0 aliphatic carbocycles. The van der Waals surface area contributed by atoms with Gasteiger partial charge in [-0.25, -0.2) is 9.13 Å². The largest absolute Gasteiger partial charge is 0.411 e. The zero-order chi connectivity index (χ0) is 15.8. The van der Waals surface area contributed by atoms with Crippen molar-refractivity contribution in [3.8, 4) is 0 Å². The third-order valence-electron chi connectivity index (χ3n) is 3.27. The standard InChI is InChI=1S/C16H18N4O2/c1-17-16(21)15-6-3-8-20(13-15)10-4-9-19-7-2-5-14(12-19)11-18-22/h2-3,5-8,11-13H,4,9-10H2,1H3/p+2/b18-11+. The first-order valence-electron chi connectivity index (χ1n) is 7.10. The first kappa shape index (κ1) is 15.6. The van der Waals surface area contributed by atoms with Crippen LogP contribution in [0.5, 0.6) is 0 Å². The van der Waals surface area contributed by atoms with Crippen LogP contribution in [0.3, 0.4) is 0 Å². The van der Waals surface area contributed by atoms with Crippen LogP contribution in [0.2, 0.25) is 0 Å². The maximum absolute atomic E-state index is 11.6. The molecule has 2 aromatic rings. The number of pyridine rings is 2. The molecule has 6 heteroatoms. The van der Waals surface area contributed by atoms with E-state index in [1.807, 2.05) is 52.1 Å². The number of aryl methyl sites for hydroxylation is 2. The lowest BCUT2D eigenvalue weighted by Crippen LogP contribution is -2.39. The van der Waals surface area contributed by atoms with E-state index in [1.54, 1.807) is 13.1 Å². The molecule has 0 aromatic carbocycles. The SMILES string of the molecule is CNC(=O)c1ccc[n+](CCC[n+]2cccc(/C=N/O)c2)c1. The van der Waals surface area contributed by atoms with Gasteiger partial charge in [-0.15, -0.1) is 0 Å². The lowest BCUT2D eigenvalue weighted by Gasteiger charge is -2.00. The highest BCUT2D eigenvalue weighted by Gasteiger charge is 2.10. The van der Waals surface area contributed by atoms with E-state index in [-0.39, 0.29) is 5.91 Å². The van der Waals surface area contributed by atoms with Gasteiger partial charge in [0.25, 0.3) is 5.91 Å². The fraction of sp³-hybridized carbons (Fsp3) is 0.250. The van der Waals surface area contributed by atoms with Crippen LogP contribution in [0.15, 0.2) is 54.2 Å². The van der Waals surface area contributed by atoms with Crippen LogP contribution in [-0.4, -0.2) is 24.4 Å². The number of carbonyl (C=O) groups excluding carboxylic acids is 1. The van der Waals surface area contributed by atoms with Crippen molar-refractivity contribution in [3.05, 3.63) is 60.2 Å². The van der Waals surface area contributed by atoms with Gasteiger partial charge in [-0.1, -0.05) is 5.16 Å². The van der Waals surface area contributed by atoms with E-state index in [2.05, 4.69) is 10.5 Å². The molecule has 0 saturated heterocycles. The van der Waals surface area contributed by atoms with Crippen molar-refractivity contribution in [1.82, 2.24) is 5.32 Å². The molecule has 0 spiro atoms. The number of oxime groups is 1. The molecular weight excluding hydrogens is 280 g/mol. The molecule has 6 nitrogen and oxygen atoms in total. The Bertz CT molecular complexity index is 671. The summed E-state index contributed by atoms with van der Waals surface area (Å²) in [4.78, 5) is 11.6. The number of nitrogens with one attached hydrogen (secondary N) is 1. The number of rotatable bonds is 6. The molecule has 2 heterocycles. The summed E-state index contributed by atoms with van der Waals surface area (Å²) in [6.07, 6.45) is 10.0. The van der Waals surface area contributed by atoms with Crippen molar-refractivity contribution < 1.29 is 19.1 Å². The Morgan fingerprint density at radius 1 is 1.23 bits per heavy atom. The van der Waals surface area contributed by atoms with Crippen LogP contribution in [0.4, 0.5) is 0 Å². The Morgan fingerprint density at radius 2 is 1.91 bits per heavy atom. The Kier molecular flexibility index (Phi) is 5.59. The van der Waals surface area contributed by atoms with Gasteiger partial charge in [-0.05, 0) is 12.1 Å². The Balaban J connectivity index is 1.93. The summed E-state index contributed by atoms with van der Waals surface area (Å²) >= 11 is 0. The van der Waals surface area contributed by atoms with Crippen LogP contribution in [0.25, 0.3) is 0 Å². The van der Waals surface area contributed by atoms with Crippen molar-refractivity contribution >= 4 is 12.1 Å². The van der Waals surface area contributed by atoms with Crippen molar-refractivity contribution in [2.45, 2.75) is 19.5 Å². The third-order valence-corrected chi connectivity index (χ3v) is 3.27. The first-order valence-corrected chi connectivity index (χ1v) is 7.10. The van der Waals surface area contributed by atoms with Gasteiger partial charge in [0.15, 0.2) is 37.9 Å². The Hall–Kier alpha value is -2.76. The molecule has 2 N–H and O–H groups in total. The van der Waals surface area contributed by atoms with E-state index < -0.39 is 0 Å². The van der Waals surface area contributed by atoms with E-state index in [0.717, 1.165) is 25.1 Å². The van der Waals surface area contributed by atoms with E-state index >= 15 is 0 Å². The van der Waals surface area contributed by atoms with Gasteiger partial charge in [0.2, 0.25) is 0 Å². The normalized spacial score (nSPS) is 10.8. The summed E-state index contributed by atoms with van der Waals surface area (Å²) in [5.74, 6) is -0.0836. The predicted octanol–water partition coefficient (Wildman–Crippen LogP) is 0.520. The molecular formula is C16H20N4O2+2. The van der Waals surface area contributed by atoms with E-state index in [9.17, 15) is 4.79 Å². The second kappa shape index (κ2) is 7.87. The van der Waals surface area contributed by atoms with E-state index in [4.69, 9.17) is 5.21 Å². The summed E-state index contributed by atoms with van der Waals surface area (Å²) in [7, 11) is 1.62. The van der Waals surface area contributed by atoms with Crippen LogP contribution in [0, 0.1) is 0 Å². The highest BCUT2D eigenvalue weighted by Crippen LogP contribution is 1.95. The van der Waals surface area contributed by atoms with E-state index in [0.29, 0.717) is 5.56 Å². The summed E-state index contributed by atoms with van der Waals surface area (Å²) in [5, 5.41) is 14.2. The average Bonchev–Trinajstić information content (AvgIpc) is 2.55. The second-order valence-electron chi connectivity index (χ2n) is 4.88. The van der Waals surface area contributed by atoms with E-state index in [1.165, 1.54) is 6.21 Å². The zero-order valence-corrected chi connectivity index (χ0v) is 12.5. The number of carbonyl (C=O) groups is 1. The number of hydrogen-bond acceptors (Lipinski definition) is 3. The summed E-state index contributed by atoms with van der Waals surface area (Å²) < 4.78 is 4.05. The smallest absolute Gasteiger partial charge is 0.257 e. The van der Waals surface area contributed by atoms with Crippen LogP contribution >= 0.6 is 0 Å². The van der Waals surface area contributed by atoms with Gasteiger partial charge in [0, 0.05) is 19.2 Å². The molecule has 0 aliphatic rings. The quantitative estimate of drug-likeness (QED) is 0.353. The lowest BCUT2D eigenvalue weighted by atomic mass is 10.2. The predicted molar refractivity (Wildman–Crippen MR) is 80.7 cm³/mol. The maximum atomic E-state index is 11.6. The fourth-order valence-electron chi connectivity index (χ4n) is 2.20. The number of hydrogen-bond donors (Lipinski definition) is 2. The molecule has 22 heavy (non-hydrogen) atoms. The van der Waals surface area contributed by atoms with Gasteiger partial charge in [-0.2, -0.15) is 0 Å². The molecule has 0 unspecified atom stereocenters. The Labute approximate surface area is 129 Å². The molecule has 0 aliphatic heterocycles. The van der Waals surface area contributed by atoms with Crippen molar-refractivity contribution in [2.75, 3.05) is 7.05 Å². The molecule has 0 atom stereocenters. The minimum atomic E-state index is -0.0836. The second-order valence-corrected chi connectivity index (χ2v) is 4.88.